The molecule has 0 saturated carbocycles. The number of hydrogen-bond acceptors (Lipinski definition) is 4. The van der Waals surface area contributed by atoms with Crippen molar-refractivity contribution in [2.45, 2.75) is 19.0 Å². The quantitative estimate of drug-likeness (QED) is 0.549. The van der Waals surface area contributed by atoms with Crippen LogP contribution in [0.25, 0.3) is 11.0 Å². The number of carbonyl (C=O) groups is 2. The number of aromatic nitrogens is 2. The van der Waals surface area contributed by atoms with Gasteiger partial charge >= 0.3 is 6.18 Å². The van der Waals surface area contributed by atoms with Gasteiger partial charge in [-0.25, -0.2) is 4.98 Å². The number of aromatic amines is 1. The fraction of sp³-hybridized carbons (Fsp3) is 0.211. The summed E-state index contributed by atoms with van der Waals surface area (Å²) < 4.78 is 42.9. The smallest absolute Gasteiger partial charge is 0.416 e. The van der Waals surface area contributed by atoms with Gasteiger partial charge in [0.05, 0.1) is 16.6 Å². The van der Waals surface area contributed by atoms with Crippen molar-refractivity contribution in [1.82, 2.24) is 20.8 Å². The first kappa shape index (κ1) is 20.2. The maximum atomic E-state index is 12.6. The summed E-state index contributed by atoms with van der Waals surface area (Å²) in [5, 5.41) is 0. The number of rotatable bonds is 6. The van der Waals surface area contributed by atoms with E-state index in [4.69, 9.17) is 4.74 Å². The van der Waals surface area contributed by atoms with Gasteiger partial charge in [0, 0.05) is 12.8 Å². The third-order valence-corrected chi connectivity index (χ3v) is 3.90. The van der Waals surface area contributed by atoms with Crippen LogP contribution in [-0.2, 0) is 22.2 Å². The Kier molecular flexibility index (Phi) is 6.01. The largest absolute Gasteiger partial charge is 0.484 e. The maximum absolute atomic E-state index is 12.6. The Morgan fingerprint density at radius 2 is 1.79 bits per heavy atom. The van der Waals surface area contributed by atoms with Crippen molar-refractivity contribution in [2.24, 2.45) is 0 Å². The van der Waals surface area contributed by atoms with Crippen LogP contribution in [0.15, 0.2) is 48.5 Å². The Balaban J connectivity index is 1.40. The zero-order chi connectivity index (χ0) is 20.9. The number of hydrogen-bond donors (Lipinski definition) is 3. The van der Waals surface area contributed by atoms with Gasteiger partial charge in [0.25, 0.3) is 5.91 Å². The number of fused-ring (bicyclic) bond motifs is 1. The molecular formula is C19H17F3N4O3. The van der Waals surface area contributed by atoms with Gasteiger partial charge in [-0.2, -0.15) is 13.2 Å². The summed E-state index contributed by atoms with van der Waals surface area (Å²) in [5.74, 6) is -0.621. The van der Waals surface area contributed by atoms with E-state index in [0.717, 1.165) is 23.2 Å². The summed E-state index contributed by atoms with van der Waals surface area (Å²) >= 11 is 0. The van der Waals surface area contributed by atoms with Crippen LogP contribution in [0.3, 0.4) is 0 Å². The fourth-order valence-electron chi connectivity index (χ4n) is 2.51. The lowest BCUT2D eigenvalue weighted by molar-refractivity contribution is -0.137. The van der Waals surface area contributed by atoms with Crippen LogP contribution in [0.5, 0.6) is 5.75 Å². The second-order valence-corrected chi connectivity index (χ2v) is 6.11. The molecule has 0 fully saturated rings. The molecule has 0 spiro atoms. The van der Waals surface area contributed by atoms with Crippen LogP contribution < -0.4 is 15.6 Å². The zero-order valence-corrected chi connectivity index (χ0v) is 15.0. The highest BCUT2D eigenvalue weighted by atomic mass is 19.4. The predicted molar refractivity (Wildman–Crippen MR) is 97.6 cm³/mol. The Bertz CT molecular complexity index is 984. The molecule has 2 aromatic carbocycles. The molecule has 1 aromatic heterocycles. The molecule has 3 rings (SSSR count). The molecular weight excluding hydrogens is 389 g/mol. The average molecular weight is 406 g/mol. The van der Waals surface area contributed by atoms with Gasteiger partial charge in [0.2, 0.25) is 5.91 Å². The highest BCUT2D eigenvalue weighted by Crippen LogP contribution is 2.31. The molecule has 3 aromatic rings. The number of hydrazine groups is 1. The van der Waals surface area contributed by atoms with Gasteiger partial charge < -0.3 is 9.72 Å². The summed E-state index contributed by atoms with van der Waals surface area (Å²) in [6.45, 7) is -0.550. The first-order valence-corrected chi connectivity index (χ1v) is 8.62. The van der Waals surface area contributed by atoms with Crippen LogP contribution in [-0.4, -0.2) is 28.4 Å². The SMILES string of the molecule is O=C(CCc1nc2ccccc2[nH]1)NNC(=O)COc1cccc(C(F)(F)F)c1. The highest BCUT2D eigenvalue weighted by molar-refractivity contribution is 5.83. The van der Waals surface area contributed by atoms with Crippen molar-refractivity contribution >= 4 is 22.8 Å². The molecule has 3 N–H and O–H groups in total. The average Bonchev–Trinajstić information content (AvgIpc) is 3.12. The summed E-state index contributed by atoms with van der Waals surface area (Å²) in [4.78, 5) is 31.0. The summed E-state index contributed by atoms with van der Waals surface area (Å²) in [6.07, 6.45) is -4.08. The lowest BCUT2D eigenvalue weighted by atomic mass is 10.2. The van der Waals surface area contributed by atoms with Crippen molar-refractivity contribution in [1.29, 1.82) is 0 Å². The molecule has 0 bridgehead atoms. The number of amides is 2. The second kappa shape index (κ2) is 8.63. The molecule has 10 heteroatoms. The molecule has 0 aliphatic rings. The first-order valence-electron chi connectivity index (χ1n) is 8.62. The minimum absolute atomic E-state index is 0.0780. The first-order chi connectivity index (χ1) is 13.8. The van der Waals surface area contributed by atoms with Crippen molar-refractivity contribution in [3.63, 3.8) is 0 Å². The molecule has 0 unspecified atom stereocenters. The van der Waals surface area contributed by atoms with Crippen molar-refractivity contribution < 1.29 is 27.5 Å². The van der Waals surface area contributed by atoms with Crippen LogP contribution in [0.4, 0.5) is 13.2 Å². The number of nitrogens with zero attached hydrogens (tertiary/aromatic N) is 1. The summed E-state index contributed by atoms with van der Waals surface area (Å²) in [5.41, 5.74) is 5.14. The number of H-pyrrole nitrogens is 1. The van der Waals surface area contributed by atoms with E-state index >= 15 is 0 Å². The van der Waals surface area contributed by atoms with E-state index in [0.29, 0.717) is 12.2 Å². The van der Waals surface area contributed by atoms with Crippen molar-refractivity contribution in [3.05, 3.63) is 59.9 Å². The van der Waals surface area contributed by atoms with E-state index in [1.165, 1.54) is 12.1 Å². The minimum atomic E-state index is -4.50. The van der Waals surface area contributed by atoms with Crippen LogP contribution in [0.2, 0.25) is 0 Å². The maximum Gasteiger partial charge on any atom is 0.416 e. The number of aryl methyl sites for hydroxylation is 1. The van der Waals surface area contributed by atoms with Gasteiger partial charge in [0.15, 0.2) is 6.61 Å². The van der Waals surface area contributed by atoms with Crippen LogP contribution in [0.1, 0.15) is 17.8 Å². The molecule has 7 nitrogen and oxygen atoms in total. The molecule has 0 aliphatic carbocycles. The topological polar surface area (TPSA) is 96.1 Å². The Labute approximate surface area is 163 Å². The molecule has 1 heterocycles. The van der Waals surface area contributed by atoms with Crippen LogP contribution in [0, 0.1) is 0 Å². The molecule has 29 heavy (non-hydrogen) atoms. The standard InChI is InChI=1S/C19H17F3N4O3/c20-19(21,22)12-4-3-5-13(10-12)29-11-18(28)26-25-17(27)9-8-16-23-14-6-1-2-7-15(14)24-16/h1-7,10H,8-9,11H2,(H,23,24)(H,25,27)(H,26,28). The second-order valence-electron chi connectivity index (χ2n) is 6.11. The third kappa shape index (κ3) is 5.71. The van der Waals surface area contributed by atoms with Crippen molar-refractivity contribution in [2.75, 3.05) is 6.61 Å². The number of imidazole rings is 1. The van der Waals surface area contributed by atoms with Gasteiger partial charge in [-0.1, -0.05) is 18.2 Å². The lowest BCUT2D eigenvalue weighted by Gasteiger charge is -2.11. The zero-order valence-electron chi connectivity index (χ0n) is 15.0. The highest BCUT2D eigenvalue weighted by Gasteiger charge is 2.30. The Morgan fingerprint density at radius 3 is 2.55 bits per heavy atom. The number of halogens is 3. The predicted octanol–water partition coefficient (Wildman–Crippen LogP) is 2.74. The van der Waals surface area contributed by atoms with Gasteiger partial charge in [-0.3, -0.25) is 20.4 Å². The normalized spacial score (nSPS) is 11.3. The van der Waals surface area contributed by atoms with E-state index in [1.54, 1.807) is 0 Å². The molecule has 0 radical (unpaired) electrons. The minimum Gasteiger partial charge on any atom is -0.484 e. The summed E-state index contributed by atoms with van der Waals surface area (Å²) in [6, 6.07) is 11.6. The van der Waals surface area contributed by atoms with Gasteiger partial charge in [-0.05, 0) is 30.3 Å². The number of nitrogens with one attached hydrogen (secondary N) is 3. The number of alkyl halides is 3. The van der Waals surface area contributed by atoms with E-state index in [1.807, 2.05) is 24.3 Å². The molecule has 0 aliphatic heterocycles. The van der Waals surface area contributed by atoms with Crippen LogP contribution >= 0.6 is 0 Å². The lowest BCUT2D eigenvalue weighted by Crippen LogP contribution is -2.43. The molecule has 2 amide bonds. The Hall–Kier alpha value is -3.56. The third-order valence-electron chi connectivity index (χ3n) is 3.90. The molecule has 0 saturated heterocycles. The summed E-state index contributed by atoms with van der Waals surface area (Å²) in [7, 11) is 0. The van der Waals surface area contributed by atoms with E-state index < -0.39 is 30.2 Å². The van der Waals surface area contributed by atoms with Crippen molar-refractivity contribution in [3.8, 4) is 5.75 Å². The molecule has 152 valence electrons. The molecule has 0 atom stereocenters. The monoisotopic (exact) mass is 406 g/mol. The fourth-order valence-corrected chi connectivity index (χ4v) is 2.51. The van der Waals surface area contributed by atoms with E-state index in [2.05, 4.69) is 20.8 Å². The van der Waals surface area contributed by atoms with E-state index in [9.17, 15) is 22.8 Å². The number of carbonyl (C=O) groups excluding carboxylic acids is 2. The number of ether oxygens (including phenoxy) is 1. The number of benzene rings is 2. The van der Waals surface area contributed by atoms with E-state index in [-0.39, 0.29) is 12.2 Å². The van der Waals surface area contributed by atoms with Gasteiger partial charge in [-0.15, -0.1) is 0 Å². The number of para-hydroxylation sites is 2. The Morgan fingerprint density at radius 1 is 1.03 bits per heavy atom. The van der Waals surface area contributed by atoms with Gasteiger partial charge in [0.1, 0.15) is 11.6 Å².